The summed E-state index contributed by atoms with van der Waals surface area (Å²) in [6.07, 6.45) is -8.79. The van der Waals surface area contributed by atoms with Gasteiger partial charge in [-0.05, 0) is 41.7 Å². The van der Waals surface area contributed by atoms with E-state index in [2.05, 4.69) is 0 Å². The van der Waals surface area contributed by atoms with Gasteiger partial charge in [0.2, 0.25) is 6.29 Å². The fourth-order valence-electron chi connectivity index (χ4n) is 4.70. The minimum Gasteiger partial charge on any atom is -0.479 e. The Hall–Kier alpha value is -2.40. The fraction of sp³-hybridized carbons (Fsp3) is 0.417. The summed E-state index contributed by atoms with van der Waals surface area (Å²) in [4.78, 5) is 25.6. The Bertz CT molecular complexity index is 1110. The van der Waals surface area contributed by atoms with E-state index >= 15 is 0 Å². The number of carbonyl (C=O) groups is 2. The quantitative estimate of drug-likeness (QED) is 0.478. The van der Waals surface area contributed by atoms with Crippen LogP contribution in [-0.4, -0.2) is 75.1 Å². The molecule has 0 radical (unpaired) electrons. The molecule has 1 heterocycles. The highest BCUT2D eigenvalue weighted by atomic mass is 35.5. The van der Waals surface area contributed by atoms with Crippen LogP contribution < -0.4 is 0 Å². The maximum Gasteiger partial charge on any atom is 0.412 e. The Morgan fingerprint density at radius 2 is 1.66 bits per heavy atom. The molecular formula is C24H25Cl2NO8. The summed E-state index contributed by atoms with van der Waals surface area (Å²) in [7, 11) is 1.53. The van der Waals surface area contributed by atoms with Crippen LogP contribution in [0.2, 0.25) is 10.0 Å². The Morgan fingerprint density at radius 3 is 2.31 bits per heavy atom. The lowest BCUT2D eigenvalue weighted by Crippen LogP contribution is -2.61. The molecule has 0 spiro atoms. The summed E-state index contributed by atoms with van der Waals surface area (Å²) in [6.45, 7) is 0. The number of amides is 1. The number of halogens is 2. The standard InChI is InChI=1S/C24H25Cl2NO8/c1-27(24(33)35-23-20(30)18(28)19(29)21(34-23)22(31)32)17-9-7-12(13-4-2-3-5-14(13)17)11-6-8-15(25)16(26)10-11/h2-6,8,10,12,17-21,23,28-30H,7,9H2,1H3,(H,31,32)/t12-,17-,18-,19+,20-,21?,23-/m0/s1. The molecule has 2 aliphatic rings. The number of aliphatic hydroxyl groups excluding tert-OH is 3. The van der Waals surface area contributed by atoms with Gasteiger partial charge in [0.15, 0.2) is 6.10 Å². The first-order valence-corrected chi connectivity index (χ1v) is 11.8. The second-order valence-corrected chi connectivity index (χ2v) is 9.49. The van der Waals surface area contributed by atoms with Crippen molar-refractivity contribution in [2.75, 3.05) is 7.05 Å². The summed E-state index contributed by atoms with van der Waals surface area (Å²) in [5.74, 6) is -1.52. The summed E-state index contributed by atoms with van der Waals surface area (Å²) in [6, 6.07) is 12.8. The van der Waals surface area contributed by atoms with Gasteiger partial charge in [-0.15, -0.1) is 0 Å². The third-order valence-corrected chi connectivity index (χ3v) is 7.33. The number of carbonyl (C=O) groups excluding carboxylic acids is 1. The molecule has 35 heavy (non-hydrogen) atoms. The topological polar surface area (TPSA) is 137 Å². The molecule has 188 valence electrons. The maximum atomic E-state index is 13.0. The molecule has 1 aliphatic heterocycles. The summed E-state index contributed by atoms with van der Waals surface area (Å²) in [5.41, 5.74) is 2.92. The number of benzene rings is 2. The van der Waals surface area contributed by atoms with E-state index in [1.54, 1.807) is 6.07 Å². The number of carboxylic acids is 1. The summed E-state index contributed by atoms with van der Waals surface area (Å²) < 4.78 is 10.3. The minimum absolute atomic E-state index is 0.0399. The van der Waals surface area contributed by atoms with Crippen LogP contribution in [0.4, 0.5) is 4.79 Å². The molecule has 1 aliphatic carbocycles. The monoisotopic (exact) mass is 525 g/mol. The zero-order chi connectivity index (χ0) is 25.4. The zero-order valence-electron chi connectivity index (χ0n) is 18.6. The van der Waals surface area contributed by atoms with Crippen molar-refractivity contribution in [2.24, 2.45) is 0 Å². The van der Waals surface area contributed by atoms with Crippen LogP contribution in [0.5, 0.6) is 0 Å². The highest BCUT2D eigenvalue weighted by molar-refractivity contribution is 6.42. The first-order chi connectivity index (χ1) is 16.6. The Labute approximate surface area is 211 Å². The second-order valence-electron chi connectivity index (χ2n) is 8.68. The molecule has 1 fully saturated rings. The summed E-state index contributed by atoms with van der Waals surface area (Å²) in [5, 5.41) is 40.1. The smallest absolute Gasteiger partial charge is 0.412 e. The molecule has 1 unspecified atom stereocenters. The molecule has 2 aromatic rings. The van der Waals surface area contributed by atoms with Crippen LogP contribution >= 0.6 is 23.2 Å². The number of aliphatic hydroxyl groups is 3. The van der Waals surface area contributed by atoms with E-state index in [0.717, 1.165) is 16.7 Å². The molecule has 0 saturated carbocycles. The lowest BCUT2D eigenvalue weighted by Gasteiger charge is -2.40. The van der Waals surface area contributed by atoms with Gasteiger partial charge < -0.3 is 34.8 Å². The maximum absolute atomic E-state index is 13.0. The molecule has 9 nitrogen and oxygen atoms in total. The van der Waals surface area contributed by atoms with E-state index in [-0.39, 0.29) is 12.0 Å². The highest BCUT2D eigenvalue weighted by Crippen LogP contribution is 2.44. The van der Waals surface area contributed by atoms with Gasteiger partial charge in [-0.3, -0.25) is 0 Å². The molecule has 2 aromatic carbocycles. The number of nitrogens with zero attached hydrogens (tertiary/aromatic N) is 1. The van der Waals surface area contributed by atoms with Gasteiger partial charge in [-0.25, -0.2) is 9.59 Å². The largest absolute Gasteiger partial charge is 0.479 e. The zero-order valence-corrected chi connectivity index (χ0v) is 20.1. The molecule has 7 atom stereocenters. The van der Waals surface area contributed by atoms with Crippen molar-refractivity contribution in [1.82, 2.24) is 4.90 Å². The van der Waals surface area contributed by atoms with E-state index < -0.39 is 42.8 Å². The average molecular weight is 526 g/mol. The SMILES string of the molecule is CN(C(=O)O[C@@H]1OC(C(=O)O)[C@H](O)[C@H](O)[C@@H]1O)[C@H]1CC[C@@H](c2ccc(Cl)c(Cl)c2)c2ccccc21. The fourth-order valence-corrected chi connectivity index (χ4v) is 5.01. The van der Waals surface area contributed by atoms with Crippen molar-refractivity contribution in [1.29, 1.82) is 0 Å². The molecule has 1 amide bonds. The predicted molar refractivity (Wildman–Crippen MR) is 125 cm³/mol. The molecule has 0 bridgehead atoms. The number of hydrogen-bond donors (Lipinski definition) is 4. The Kier molecular flexibility index (Phi) is 7.56. The van der Waals surface area contributed by atoms with Gasteiger partial charge in [0, 0.05) is 13.0 Å². The molecule has 4 rings (SSSR count). The van der Waals surface area contributed by atoms with E-state index in [0.29, 0.717) is 22.9 Å². The third kappa shape index (κ3) is 4.97. The van der Waals surface area contributed by atoms with Crippen LogP contribution in [0.3, 0.4) is 0 Å². The molecule has 4 N–H and O–H groups in total. The van der Waals surface area contributed by atoms with Crippen molar-refractivity contribution in [2.45, 2.75) is 55.5 Å². The van der Waals surface area contributed by atoms with Gasteiger partial charge in [-0.2, -0.15) is 0 Å². The first-order valence-electron chi connectivity index (χ1n) is 11.0. The van der Waals surface area contributed by atoms with E-state index in [9.17, 15) is 30.0 Å². The van der Waals surface area contributed by atoms with Crippen molar-refractivity contribution < 1.29 is 39.5 Å². The number of ether oxygens (including phenoxy) is 2. The second kappa shape index (κ2) is 10.3. The Morgan fingerprint density at radius 1 is 0.971 bits per heavy atom. The number of hydrogen-bond acceptors (Lipinski definition) is 7. The molecular weight excluding hydrogens is 501 g/mol. The molecule has 11 heteroatoms. The van der Waals surface area contributed by atoms with Crippen molar-refractivity contribution in [3.63, 3.8) is 0 Å². The lowest BCUT2D eigenvalue weighted by atomic mass is 9.76. The highest BCUT2D eigenvalue weighted by Gasteiger charge is 2.49. The summed E-state index contributed by atoms with van der Waals surface area (Å²) >= 11 is 12.3. The number of rotatable bonds is 4. The van der Waals surface area contributed by atoms with Gasteiger partial charge in [0.1, 0.15) is 18.3 Å². The number of fused-ring (bicyclic) bond motifs is 1. The van der Waals surface area contributed by atoms with E-state index in [1.807, 2.05) is 36.4 Å². The van der Waals surface area contributed by atoms with Crippen molar-refractivity contribution in [3.8, 4) is 0 Å². The lowest BCUT2D eigenvalue weighted by molar-refractivity contribution is -0.280. The van der Waals surface area contributed by atoms with Gasteiger partial charge in [0.05, 0.1) is 16.1 Å². The van der Waals surface area contributed by atoms with Gasteiger partial charge >= 0.3 is 12.1 Å². The number of carboxylic acid groups (broad SMARTS) is 1. The van der Waals surface area contributed by atoms with E-state index in [1.165, 1.54) is 11.9 Å². The number of aliphatic carboxylic acids is 1. The van der Waals surface area contributed by atoms with Gasteiger partial charge in [0.25, 0.3) is 0 Å². The van der Waals surface area contributed by atoms with Crippen molar-refractivity contribution in [3.05, 3.63) is 69.2 Å². The first kappa shape index (κ1) is 25.7. The van der Waals surface area contributed by atoms with Crippen LogP contribution in [0, 0.1) is 0 Å². The third-order valence-electron chi connectivity index (χ3n) is 6.59. The van der Waals surface area contributed by atoms with Crippen LogP contribution in [0.1, 0.15) is 41.5 Å². The minimum atomic E-state index is -1.88. The van der Waals surface area contributed by atoms with Gasteiger partial charge in [-0.1, -0.05) is 53.5 Å². The average Bonchev–Trinajstić information content (AvgIpc) is 2.84. The Balaban J connectivity index is 1.54. The molecule has 1 saturated heterocycles. The van der Waals surface area contributed by atoms with Crippen molar-refractivity contribution >= 4 is 35.3 Å². The van der Waals surface area contributed by atoms with E-state index in [4.69, 9.17) is 32.7 Å². The van der Waals surface area contributed by atoms with Crippen LogP contribution in [0.25, 0.3) is 0 Å². The predicted octanol–water partition coefficient (Wildman–Crippen LogP) is 2.92. The van der Waals surface area contributed by atoms with Crippen LogP contribution in [0.15, 0.2) is 42.5 Å². The molecule has 0 aromatic heterocycles. The van der Waals surface area contributed by atoms with Crippen LogP contribution in [-0.2, 0) is 14.3 Å². The normalized spacial score (nSPS) is 30.3.